The number of carbonyl (C=O) groups excluding carboxylic acids is 1. The van der Waals surface area contributed by atoms with E-state index in [2.05, 4.69) is 15.5 Å². The number of hydrogen-bond acceptors (Lipinski definition) is 7. The van der Waals surface area contributed by atoms with Gasteiger partial charge in [-0.1, -0.05) is 61.5 Å². The van der Waals surface area contributed by atoms with E-state index in [1.807, 2.05) is 51.1 Å². The van der Waals surface area contributed by atoms with Gasteiger partial charge in [0.05, 0.1) is 16.3 Å². The van der Waals surface area contributed by atoms with Crippen LogP contribution in [0.1, 0.15) is 19.4 Å². The maximum Gasteiger partial charge on any atom is 0.244 e. The summed E-state index contributed by atoms with van der Waals surface area (Å²) in [5, 5.41) is 12.3. The molecule has 2 aromatic carbocycles. The number of carbonyl (C=O) groups is 1. The highest BCUT2D eigenvalue weighted by molar-refractivity contribution is 7.99. The number of benzene rings is 2. The van der Waals surface area contributed by atoms with E-state index in [1.165, 1.54) is 16.1 Å². The predicted molar refractivity (Wildman–Crippen MR) is 125 cm³/mol. The summed E-state index contributed by atoms with van der Waals surface area (Å²) in [5.74, 6) is -0.117. The summed E-state index contributed by atoms with van der Waals surface area (Å²) in [6.45, 7) is 6.37. The van der Waals surface area contributed by atoms with Crippen LogP contribution in [0.15, 0.2) is 64.6 Å². The first-order valence-corrected chi connectivity index (χ1v) is 13.1. The smallest absolute Gasteiger partial charge is 0.244 e. The van der Waals surface area contributed by atoms with Gasteiger partial charge in [0.2, 0.25) is 21.1 Å². The van der Waals surface area contributed by atoms with Gasteiger partial charge in [-0.05, 0) is 47.5 Å². The van der Waals surface area contributed by atoms with Crippen LogP contribution in [0, 0.1) is 12.8 Å². The quantitative estimate of drug-likeness (QED) is 0.473. The van der Waals surface area contributed by atoms with Crippen molar-refractivity contribution in [3.63, 3.8) is 0 Å². The lowest BCUT2D eigenvalue weighted by Gasteiger charge is -2.32. The minimum absolute atomic E-state index is 0.0729. The SMILES string of the molecule is Cc1ccc(S(=O)(=O)N2CCN(C(=O)CSc3nnnn3-c3ccccc3)C2C(C)C)cc1. The summed E-state index contributed by atoms with van der Waals surface area (Å²) >= 11 is 1.23. The number of tetrazole rings is 1. The number of nitrogens with zero attached hydrogens (tertiary/aromatic N) is 6. The molecule has 1 aliphatic rings. The molecule has 33 heavy (non-hydrogen) atoms. The van der Waals surface area contributed by atoms with Gasteiger partial charge in [-0.2, -0.15) is 8.99 Å². The minimum atomic E-state index is -3.72. The molecule has 174 valence electrons. The number of hydrogen-bond donors (Lipinski definition) is 0. The molecule has 0 N–H and O–H groups in total. The van der Waals surface area contributed by atoms with E-state index in [4.69, 9.17) is 0 Å². The molecule has 9 nitrogen and oxygen atoms in total. The van der Waals surface area contributed by atoms with Crippen LogP contribution in [0.2, 0.25) is 0 Å². The fraction of sp³-hybridized carbons (Fsp3) is 0.364. The molecule has 2 heterocycles. The molecule has 11 heteroatoms. The first kappa shape index (κ1) is 23.4. The summed E-state index contributed by atoms with van der Waals surface area (Å²) in [6, 6.07) is 16.2. The highest BCUT2D eigenvalue weighted by Crippen LogP contribution is 2.30. The Kier molecular flexibility index (Phi) is 6.82. The summed E-state index contributed by atoms with van der Waals surface area (Å²) in [5.41, 5.74) is 1.79. The lowest BCUT2D eigenvalue weighted by molar-refractivity contribution is -0.130. The van der Waals surface area contributed by atoms with Crippen molar-refractivity contribution in [3.05, 3.63) is 60.2 Å². The van der Waals surface area contributed by atoms with Crippen molar-refractivity contribution in [2.24, 2.45) is 5.92 Å². The fourth-order valence-electron chi connectivity index (χ4n) is 3.91. The van der Waals surface area contributed by atoms with Crippen molar-refractivity contribution < 1.29 is 13.2 Å². The topological polar surface area (TPSA) is 101 Å². The molecule has 4 rings (SSSR count). The third-order valence-electron chi connectivity index (χ3n) is 5.49. The third-order valence-corrected chi connectivity index (χ3v) is 8.27. The van der Waals surface area contributed by atoms with Crippen LogP contribution in [0.25, 0.3) is 5.69 Å². The molecule has 3 aromatic rings. The molecular weight excluding hydrogens is 460 g/mol. The summed E-state index contributed by atoms with van der Waals surface area (Å²) < 4.78 is 29.7. The fourth-order valence-corrected chi connectivity index (χ4v) is 6.40. The Bertz CT molecular complexity index is 1210. The highest BCUT2D eigenvalue weighted by Gasteiger charge is 2.43. The van der Waals surface area contributed by atoms with Crippen LogP contribution in [0.5, 0.6) is 0 Å². The monoisotopic (exact) mass is 486 g/mol. The summed E-state index contributed by atoms with van der Waals surface area (Å²) in [6.07, 6.45) is -0.547. The predicted octanol–water partition coefficient (Wildman–Crippen LogP) is 2.58. The molecule has 0 radical (unpaired) electrons. The van der Waals surface area contributed by atoms with E-state index in [9.17, 15) is 13.2 Å². The Labute approximate surface area is 197 Å². The molecule has 1 aliphatic heterocycles. The number of para-hydroxylation sites is 1. The van der Waals surface area contributed by atoms with Gasteiger partial charge in [-0.3, -0.25) is 4.79 Å². The zero-order valence-corrected chi connectivity index (χ0v) is 20.3. The average Bonchev–Trinajstić information content (AvgIpc) is 3.46. The number of rotatable bonds is 7. The molecule has 1 aromatic heterocycles. The number of aryl methyl sites for hydroxylation is 1. The molecule has 1 fully saturated rings. The van der Waals surface area contributed by atoms with Crippen LogP contribution in [-0.4, -0.2) is 68.7 Å². The van der Waals surface area contributed by atoms with E-state index in [0.717, 1.165) is 11.3 Å². The van der Waals surface area contributed by atoms with Crippen molar-refractivity contribution >= 4 is 27.7 Å². The second-order valence-electron chi connectivity index (χ2n) is 8.17. The van der Waals surface area contributed by atoms with Crippen LogP contribution in [0.4, 0.5) is 0 Å². The summed E-state index contributed by atoms with van der Waals surface area (Å²) in [7, 11) is -3.72. The number of thioether (sulfide) groups is 1. The summed E-state index contributed by atoms with van der Waals surface area (Å²) in [4.78, 5) is 15.1. The highest BCUT2D eigenvalue weighted by atomic mass is 32.2. The molecule has 1 atom stereocenters. The molecule has 0 spiro atoms. The van der Waals surface area contributed by atoms with Crippen molar-refractivity contribution in [1.82, 2.24) is 29.4 Å². The van der Waals surface area contributed by atoms with Crippen molar-refractivity contribution in [2.45, 2.75) is 37.0 Å². The van der Waals surface area contributed by atoms with Gasteiger partial charge in [0, 0.05) is 13.1 Å². The first-order chi connectivity index (χ1) is 15.8. The van der Waals surface area contributed by atoms with Crippen LogP contribution in [0.3, 0.4) is 0 Å². The van der Waals surface area contributed by atoms with E-state index in [0.29, 0.717) is 11.7 Å². The van der Waals surface area contributed by atoms with Crippen molar-refractivity contribution in [2.75, 3.05) is 18.8 Å². The Morgan fingerprint density at radius 2 is 1.79 bits per heavy atom. The Morgan fingerprint density at radius 1 is 1.09 bits per heavy atom. The van der Waals surface area contributed by atoms with E-state index >= 15 is 0 Å². The Hall–Kier alpha value is -2.76. The largest absolute Gasteiger partial charge is 0.324 e. The number of sulfonamides is 1. The molecule has 1 amide bonds. The molecule has 0 saturated carbocycles. The number of amides is 1. The molecule has 1 unspecified atom stereocenters. The van der Waals surface area contributed by atoms with Crippen LogP contribution >= 0.6 is 11.8 Å². The van der Waals surface area contributed by atoms with E-state index in [-0.39, 0.29) is 29.0 Å². The second-order valence-corrected chi connectivity index (χ2v) is 11.0. The van der Waals surface area contributed by atoms with Crippen LogP contribution in [-0.2, 0) is 14.8 Å². The normalized spacial score (nSPS) is 17.1. The molecular formula is C22H26N6O3S2. The van der Waals surface area contributed by atoms with Gasteiger partial charge in [0.1, 0.15) is 6.17 Å². The van der Waals surface area contributed by atoms with E-state index in [1.54, 1.807) is 33.8 Å². The van der Waals surface area contributed by atoms with Gasteiger partial charge in [0.25, 0.3) is 0 Å². The maximum atomic E-state index is 13.3. The van der Waals surface area contributed by atoms with Crippen molar-refractivity contribution in [3.8, 4) is 5.69 Å². The van der Waals surface area contributed by atoms with E-state index < -0.39 is 16.2 Å². The number of aromatic nitrogens is 4. The van der Waals surface area contributed by atoms with Gasteiger partial charge in [-0.25, -0.2) is 8.42 Å². The third kappa shape index (κ3) is 4.80. The minimum Gasteiger partial charge on any atom is -0.324 e. The molecule has 0 bridgehead atoms. The average molecular weight is 487 g/mol. The van der Waals surface area contributed by atoms with Gasteiger partial charge < -0.3 is 4.90 Å². The Balaban J connectivity index is 1.50. The Morgan fingerprint density at radius 3 is 2.45 bits per heavy atom. The molecule has 0 aliphatic carbocycles. The zero-order chi connectivity index (χ0) is 23.6. The first-order valence-electron chi connectivity index (χ1n) is 10.6. The maximum absolute atomic E-state index is 13.3. The van der Waals surface area contributed by atoms with Gasteiger partial charge in [-0.15, -0.1) is 5.10 Å². The van der Waals surface area contributed by atoms with Gasteiger partial charge in [0.15, 0.2) is 0 Å². The lowest BCUT2D eigenvalue weighted by Crippen LogP contribution is -2.48. The van der Waals surface area contributed by atoms with Gasteiger partial charge >= 0.3 is 0 Å². The standard InChI is InChI=1S/C22H26N6O3S2/c1-16(2)21-26(13-14-27(21)33(30,31)19-11-9-17(3)10-12-19)20(29)15-32-22-23-24-25-28(22)18-7-5-4-6-8-18/h4-12,16,21H,13-15H2,1-3H3. The molecule has 1 saturated heterocycles. The lowest BCUT2D eigenvalue weighted by atomic mass is 10.1. The van der Waals surface area contributed by atoms with Crippen molar-refractivity contribution in [1.29, 1.82) is 0 Å². The second kappa shape index (κ2) is 9.62. The van der Waals surface area contributed by atoms with Crippen LogP contribution < -0.4 is 0 Å². The zero-order valence-electron chi connectivity index (χ0n) is 18.7.